The number of anilines is 1. The van der Waals surface area contributed by atoms with Crippen molar-refractivity contribution in [3.05, 3.63) is 81.3 Å². The third kappa shape index (κ3) is 6.25. The maximum atomic E-state index is 12.3. The fourth-order valence-electron chi connectivity index (χ4n) is 2.88. The van der Waals surface area contributed by atoms with Crippen LogP contribution in [0.1, 0.15) is 23.6 Å². The average molecular weight is 471 g/mol. The van der Waals surface area contributed by atoms with Crippen molar-refractivity contribution in [2.24, 2.45) is 4.99 Å². The first-order valence-electron chi connectivity index (χ1n) is 10.1. The Bertz CT molecular complexity index is 1150. The van der Waals surface area contributed by atoms with Crippen LogP contribution in [0.2, 0.25) is 10.0 Å². The van der Waals surface area contributed by atoms with Crippen LogP contribution in [0, 0.1) is 13.8 Å². The van der Waals surface area contributed by atoms with Crippen molar-refractivity contribution in [1.82, 2.24) is 0 Å². The number of nitrogens with zero attached hydrogens (tertiary/aromatic N) is 1. The van der Waals surface area contributed by atoms with Gasteiger partial charge >= 0.3 is 0 Å². The van der Waals surface area contributed by atoms with Crippen LogP contribution in [0.15, 0.2) is 59.6 Å². The number of halogens is 2. The predicted octanol–water partition coefficient (Wildman–Crippen LogP) is 6.78. The van der Waals surface area contributed by atoms with Gasteiger partial charge in [0.05, 0.1) is 12.3 Å². The maximum absolute atomic E-state index is 12.3. The Morgan fingerprint density at radius 1 is 1.00 bits per heavy atom. The molecule has 0 saturated heterocycles. The summed E-state index contributed by atoms with van der Waals surface area (Å²) >= 11 is 12.3. The number of hydrogen-bond acceptors (Lipinski definition) is 4. The highest BCUT2D eigenvalue weighted by molar-refractivity contribution is 6.32. The first kappa shape index (κ1) is 23.6. The smallest absolute Gasteiger partial charge is 0.262 e. The van der Waals surface area contributed by atoms with Crippen LogP contribution in [-0.2, 0) is 4.79 Å². The zero-order valence-electron chi connectivity index (χ0n) is 18.1. The predicted molar refractivity (Wildman–Crippen MR) is 131 cm³/mol. The lowest BCUT2D eigenvalue weighted by molar-refractivity contribution is -0.118. The molecule has 0 fully saturated rings. The molecular formula is C25H24Cl2N2O3. The number of rotatable bonds is 8. The molecule has 32 heavy (non-hydrogen) atoms. The summed E-state index contributed by atoms with van der Waals surface area (Å²) in [6.07, 6.45) is 1.73. The van der Waals surface area contributed by atoms with Gasteiger partial charge in [0, 0.05) is 21.9 Å². The Balaban J connectivity index is 1.68. The highest BCUT2D eigenvalue weighted by atomic mass is 35.5. The molecule has 1 N–H and O–H groups in total. The lowest BCUT2D eigenvalue weighted by atomic mass is 10.2. The topological polar surface area (TPSA) is 59.9 Å². The summed E-state index contributed by atoms with van der Waals surface area (Å²) in [6.45, 7) is 6.00. The van der Waals surface area contributed by atoms with Crippen molar-refractivity contribution in [2.45, 2.75) is 20.8 Å². The van der Waals surface area contributed by atoms with Gasteiger partial charge in [-0.15, -0.1) is 0 Å². The quantitative estimate of drug-likeness (QED) is 0.369. The van der Waals surface area contributed by atoms with Gasteiger partial charge in [-0.05, 0) is 79.9 Å². The third-order valence-electron chi connectivity index (χ3n) is 4.67. The van der Waals surface area contributed by atoms with Crippen LogP contribution >= 0.6 is 23.2 Å². The Morgan fingerprint density at radius 2 is 1.81 bits per heavy atom. The molecule has 0 spiro atoms. The third-order valence-corrected chi connectivity index (χ3v) is 5.49. The standard InChI is InChI=1S/C25H24Cl2N2O3/c1-4-31-24-12-18(14-28-22-7-5-6-20(26)17(22)3)9-11-23(24)32-15-25(30)29-19-10-8-16(2)21(27)13-19/h5-14H,4,15H2,1-3H3,(H,29,30). The molecule has 0 heterocycles. The molecule has 0 atom stereocenters. The molecule has 3 aromatic carbocycles. The van der Waals surface area contributed by atoms with Crippen LogP contribution < -0.4 is 14.8 Å². The van der Waals surface area contributed by atoms with Gasteiger partial charge in [-0.1, -0.05) is 35.3 Å². The van der Waals surface area contributed by atoms with Crippen LogP contribution in [0.3, 0.4) is 0 Å². The van der Waals surface area contributed by atoms with Crippen LogP contribution in [0.5, 0.6) is 11.5 Å². The van der Waals surface area contributed by atoms with Crippen molar-refractivity contribution >= 4 is 46.7 Å². The summed E-state index contributed by atoms with van der Waals surface area (Å²) in [7, 11) is 0. The van der Waals surface area contributed by atoms with Crippen molar-refractivity contribution in [1.29, 1.82) is 0 Å². The fraction of sp³-hybridized carbons (Fsp3) is 0.200. The van der Waals surface area contributed by atoms with E-state index < -0.39 is 0 Å². The van der Waals surface area contributed by atoms with Gasteiger partial charge in [0.1, 0.15) is 0 Å². The zero-order chi connectivity index (χ0) is 23.1. The second-order valence-corrected chi connectivity index (χ2v) is 7.90. The first-order valence-corrected chi connectivity index (χ1v) is 10.9. The number of ether oxygens (including phenoxy) is 2. The number of benzene rings is 3. The second-order valence-electron chi connectivity index (χ2n) is 7.08. The lowest BCUT2D eigenvalue weighted by Crippen LogP contribution is -2.20. The molecule has 1 amide bonds. The Morgan fingerprint density at radius 3 is 2.56 bits per heavy atom. The second kappa shape index (κ2) is 11.0. The number of amides is 1. The molecule has 7 heteroatoms. The van der Waals surface area contributed by atoms with Crippen molar-refractivity contribution in [2.75, 3.05) is 18.5 Å². The monoisotopic (exact) mass is 470 g/mol. The number of aryl methyl sites for hydroxylation is 1. The summed E-state index contributed by atoms with van der Waals surface area (Å²) < 4.78 is 11.4. The van der Waals surface area contributed by atoms with Gasteiger partial charge < -0.3 is 14.8 Å². The maximum Gasteiger partial charge on any atom is 0.262 e. The summed E-state index contributed by atoms with van der Waals surface area (Å²) in [4.78, 5) is 16.8. The van der Waals surface area contributed by atoms with E-state index in [2.05, 4.69) is 10.3 Å². The van der Waals surface area contributed by atoms with E-state index in [0.717, 1.165) is 22.4 Å². The molecule has 3 rings (SSSR count). The highest BCUT2D eigenvalue weighted by Gasteiger charge is 2.10. The lowest BCUT2D eigenvalue weighted by Gasteiger charge is -2.13. The van der Waals surface area contributed by atoms with E-state index in [-0.39, 0.29) is 12.5 Å². The van der Waals surface area contributed by atoms with E-state index in [1.165, 1.54) is 0 Å². The number of hydrogen-bond donors (Lipinski definition) is 1. The largest absolute Gasteiger partial charge is 0.490 e. The van der Waals surface area contributed by atoms with E-state index in [0.29, 0.717) is 33.8 Å². The van der Waals surface area contributed by atoms with Gasteiger partial charge in [0.25, 0.3) is 5.91 Å². The van der Waals surface area contributed by atoms with Crippen LogP contribution in [-0.4, -0.2) is 25.3 Å². The molecule has 0 aliphatic rings. The fourth-order valence-corrected chi connectivity index (χ4v) is 3.23. The highest BCUT2D eigenvalue weighted by Crippen LogP contribution is 2.29. The van der Waals surface area contributed by atoms with Crippen molar-refractivity contribution in [3.63, 3.8) is 0 Å². The minimum atomic E-state index is -0.297. The normalized spacial score (nSPS) is 10.9. The van der Waals surface area contributed by atoms with Gasteiger partial charge in [0.15, 0.2) is 18.1 Å². The van der Waals surface area contributed by atoms with Gasteiger partial charge in [-0.3, -0.25) is 9.79 Å². The Labute approximate surface area is 198 Å². The molecular weight excluding hydrogens is 447 g/mol. The molecule has 166 valence electrons. The number of nitrogens with one attached hydrogen (secondary N) is 1. The molecule has 0 saturated carbocycles. The average Bonchev–Trinajstić information content (AvgIpc) is 2.77. The van der Waals surface area contributed by atoms with Crippen LogP contribution in [0.4, 0.5) is 11.4 Å². The van der Waals surface area contributed by atoms with E-state index in [1.807, 2.05) is 57.2 Å². The van der Waals surface area contributed by atoms with Crippen LogP contribution in [0.25, 0.3) is 0 Å². The van der Waals surface area contributed by atoms with E-state index in [9.17, 15) is 4.79 Å². The van der Waals surface area contributed by atoms with Crippen molar-refractivity contribution < 1.29 is 14.3 Å². The molecule has 0 radical (unpaired) electrons. The zero-order valence-corrected chi connectivity index (χ0v) is 19.6. The summed E-state index contributed by atoms with van der Waals surface area (Å²) in [5, 5.41) is 4.03. The van der Waals surface area contributed by atoms with E-state index in [4.69, 9.17) is 32.7 Å². The molecule has 0 aliphatic heterocycles. The minimum Gasteiger partial charge on any atom is -0.490 e. The Kier molecular flexibility index (Phi) is 8.14. The summed E-state index contributed by atoms with van der Waals surface area (Å²) in [5.74, 6) is 0.708. The van der Waals surface area contributed by atoms with E-state index in [1.54, 1.807) is 24.4 Å². The van der Waals surface area contributed by atoms with E-state index >= 15 is 0 Å². The molecule has 5 nitrogen and oxygen atoms in total. The van der Waals surface area contributed by atoms with Crippen molar-refractivity contribution in [3.8, 4) is 11.5 Å². The molecule has 0 unspecified atom stereocenters. The SMILES string of the molecule is CCOc1cc(C=Nc2cccc(Cl)c2C)ccc1OCC(=O)Nc1ccc(C)c(Cl)c1. The number of carbonyl (C=O) groups is 1. The first-order chi connectivity index (χ1) is 15.4. The molecule has 3 aromatic rings. The number of carbonyl (C=O) groups excluding carboxylic acids is 1. The molecule has 0 aliphatic carbocycles. The minimum absolute atomic E-state index is 0.166. The van der Waals surface area contributed by atoms with Gasteiger partial charge in [-0.2, -0.15) is 0 Å². The Hall–Kier alpha value is -3.02. The summed E-state index contributed by atoms with van der Waals surface area (Å²) in [6, 6.07) is 16.4. The summed E-state index contributed by atoms with van der Waals surface area (Å²) in [5.41, 5.74) is 4.09. The molecule has 0 bridgehead atoms. The van der Waals surface area contributed by atoms with Gasteiger partial charge in [-0.25, -0.2) is 0 Å². The molecule has 0 aromatic heterocycles. The van der Waals surface area contributed by atoms with Gasteiger partial charge in [0.2, 0.25) is 0 Å². The number of aliphatic imine (C=N–C) groups is 1.